The number of piperidine rings is 1. The Morgan fingerprint density at radius 3 is 2.95 bits per heavy atom. The average Bonchev–Trinajstić information content (AvgIpc) is 2.85. The Morgan fingerprint density at radius 2 is 2.16 bits per heavy atom. The molecule has 106 valence electrons. The van der Waals surface area contributed by atoms with Crippen LogP contribution >= 0.6 is 12.4 Å². The molecule has 3 atom stereocenters. The van der Waals surface area contributed by atoms with E-state index in [2.05, 4.69) is 48.3 Å². The van der Waals surface area contributed by atoms with E-state index in [1.54, 1.807) is 0 Å². The van der Waals surface area contributed by atoms with E-state index in [4.69, 9.17) is 0 Å². The van der Waals surface area contributed by atoms with Crippen molar-refractivity contribution >= 4 is 12.4 Å². The summed E-state index contributed by atoms with van der Waals surface area (Å²) < 4.78 is 0. The van der Waals surface area contributed by atoms with Crippen molar-refractivity contribution in [2.75, 3.05) is 19.6 Å². The molecule has 0 aromatic heterocycles. The molecular formula is C16H25ClN2. The zero-order valence-corrected chi connectivity index (χ0v) is 12.7. The molecule has 2 aliphatic rings. The van der Waals surface area contributed by atoms with Crippen LogP contribution in [0, 0.1) is 12.8 Å². The van der Waals surface area contributed by atoms with E-state index >= 15 is 0 Å². The molecule has 1 N–H and O–H groups in total. The lowest BCUT2D eigenvalue weighted by molar-refractivity contribution is 0.122. The molecule has 0 radical (unpaired) electrons. The monoisotopic (exact) mass is 280 g/mol. The molecule has 2 aliphatic heterocycles. The fourth-order valence-corrected chi connectivity index (χ4v) is 3.57. The number of halogens is 1. The largest absolute Gasteiger partial charge is 0.314 e. The van der Waals surface area contributed by atoms with Crippen molar-refractivity contribution in [3.63, 3.8) is 0 Å². The minimum Gasteiger partial charge on any atom is -0.314 e. The van der Waals surface area contributed by atoms with Gasteiger partial charge in [0.25, 0.3) is 0 Å². The molecule has 0 aliphatic carbocycles. The third kappa shape index (κ3) is 3.13. The summed E-state index contributed by atoms with van der Waals surface area (Å²) in [7, 11) is 0. The topological polar surface area (TPSA) is 15.3 Å². The van der Waals surface area contributed by atoms with E-state index in [-0.39, 0.29) is 12.4 Å². The first-order valence-corrected chi connectivity index (χ1v) is 7.28. The number of nitrogens with one attached hydrogen (secondary N) is 1. The fourth-order valence-electron chi connectivity index (χ4n) is 3.57. The van der Waals surface area contributed by atoms with Gasteiger partial charge < -0.3 is 5.32 Å². The van der Waals surface area contributed by atoms with Gasteiger partial charge >= 0.3 is 0 Å². The molecule has 0 saturated carbocycles. The fraction of sp³-hybridized carbons (Fsp3) is 0.625. The van der Waals surface area contributed by atoms with Gasteiger partial charge in [0.2, 0.25) is 0 Å². The van der Waals surface area contributed by atoms with Crippen LogP contribution in [-0.2, 0) is 0 Å². The van der Waals surface area contributed by atoms with Gasteiger partial charge in [-0.05, 0) is 44.7 Å². The minimum atomic E-state index is 0. The van der Waals surface area contributed by atoms with E-state index in [1.807, 2.05) is 0 Å². The van der Waals surface area contributed by atoms with Crippen molar-refractivity contribution in [1.82, 2.24) is 10.2 Å². The summed E-state index contributed by atoms with van der Waals surface area (Å²) in [6.45, 7) is 8.28. The van der Waals surface area contributed by atoms with E-state index in [0.29, 0.717) is 6.04 Å². The van der Waals surface area contributed by atoms with Crippen molar-refractivity contribution in [2.45, 2.75) is 38.8 Å². The molecule has 0 spiro atoms. The highest BCUT2D eigenvalue weighted by Crippen LogP contribution is 2.30. The van der Waals surface area contributed by atoms with Crippen molar-refractivity contribution in [2.24, 2.45) is 5.92 Å². The Labute approximate surface area is 123 Å². The van der Waals surface area contributed by atoms with Gasteiger partial charge in [0.15, 0.2) is 0 Å². The summed E-state index contributed by atoms with van der Waals surface area (Å²) in [5, 5.41) is 3.64. The number of fused-ring (bicyclic) bond motifs is 1. The summed E-state index contributed by atoms with van der Waals surface area (Å²) in [6, 6.07) is 10.3. The van der Waals surface area contributed by atoms with E-state index in [9.17, 15) is 0 Å². The molecular weight excluding hydrogens is 256 g/mol. The number of hydrogen-bond donors (Lipinski definition) is 1. The Kier molecular flexibility index (Phi) is 4.88. The maximum Gasteiger partial charge on any atom is 0.0320 e. The van der Waals surface area contributed by atoms with E-state index in [1.165, 1.54) is 43.6 Å². The average molecular weight is 281 g/mol. The predicted octanol–water partition coefficient (Wildman–Crippen LogP) is 3.16. The van der Waals surface area contributed by atoms with Gasteiger partial charge in [-0.1, -0.05) is 29.8 Å². The Hall–Kier alpha value is -0.570. The van der Waals surface area contributed by atoms with Crippen LogP contribution in [0.5, 0.6) is 0 Å². The minimum absolute atomic E-state index is 0. The van der Waals surface area contributed by atoms with Gasteiger partial charge in [0, 0.05) is 25.2 Å². The van der Waals surface area contributed by atoms with Crippen molar-refractivity contribution < 1.29 is 0 Å². The van der Waals surface area contributed by atoms with Crippen LogP contribution in [0.2, 0.25) is 0 Å². The molecule has 0 amide bonds. The second-order valence-electron chi connectivity index (χ2n) is 5.98. The highest BCUT2D eigenvalue weighted by Gasteiger charge is 2.34. The van der Waals surface area contributed by atoms with Gasteiger partial charge in [0.1, 0.15) is 0 Å². The Balaban J connectivity index is 0.00000133. The highest BCUT2D eigenvalue weighted by atomic mass is 35.5. The number of nitrogens with zero attached hydrogens (tertiary/aromatic N) is 1. The smallest absolute Gasteiger partial charge is 0.0320 e. The summed E-state index contributed by atoms with van der Waals surface area (Å²) in [6.07, 6.45) is 2.68. The molecule has 3 unspecified atom stereocenters. The van der Waals surface area contributed by atoms with Gasteiger partial charge in [0.05, 0.1) is 0 Å². The lowest BCUT2D eigenvalue weighted by atomic mass is 9.91. The van der Waals surface area contributed by atoms with Crippen molar-refractivity contribution in [1.29, 1.82) is 0 Å². The Morgan fingerprint density at radius 1 is 1.32 bits per heavy atom. The lowest BCUT2D eigenvalue weighted by Gasteiger charge is -2.38. The quantitative estimate of drug-likeness (QED) is 0.895. The van der Waals surface area contributed by atoms with Crippen molar-refractivity contribution in [3.8, 4) is 0 Å². The first-order valence-electron chi connectivity index (χ1n) is 7.28. The molecule has 2 fully saturated rings. The molecule has 2 heterocycles. The number of rotatable bonds is 2. The number of likely N-dealkylation sites (tertiary alicyclic amines) is 1. The van der Waals surface area contributed by atoms with Crippen LogP contribution in [0.15, 0.2) is 24.3 Å². The standard InChI is InChI=1S/C16H24N2.ClH/c1-12-4-3-5-14(10-12)13(2)18-9-7-16-15(11-18)6-8-17-16;/h3-5,10,13,15-17H,6-9,11H2,1-2H3;1H. The van der Waals surface area contributed by atoms with Gasteiger partial charge in [-0.15, -0.1) is 12.4 Å². The summed E-state index contributed by atoms with van der Waals surface area (Å²) in [5.74, 6) is 0.881. The van der Waals surface area contributed by atoms with Gasteiger partial charge in [-0.3, -0.25) is 4.90 Å². The SMILES string of the molecule is Cc1cccc(C(C)N2CCC3NCCC3C2)c1.Cl. The van der Waals surface area contributed by atoms with Crippen LogP contribution in [0.3, 0.4) is 0 Å². The molecule has 3 heteroatoms. The van der Waals surface area contributed by atoms with Crippen LogP contribution < -0.4 is 5.32 Å². The summed E-state index contributed by atoms with van der Waals surface area (Å²) in [5.41, 5.74) is 2.84. The first-order chi connectivity index (χ1) is 8.74. The second kappa shape index (κ2) is 6.25. The number of hydrogen-bond acceptors (Lipinski definition) is 2. The van der Waals surface area contributed by atoms with Crippen LogP contribution in [0.1, 0.15) is 36.9 Å². The van der Waals surface area contributed by atoms with E-state index < -0.39 is 0 Å². The normalized spacial score (nSPS) is 28.5. The predicted molar refractivity (Wildman–Crippen MR) is 82.9 cm³/mol. The maximum atomic E-state index is 3.64. The van der Waals surface area contributed by atoms with Crippen LogP contribution in [0.4, 0.5) is 0 Å². The Bertz CT molecular complexity index is 421. The maximum absolute atomic E-state index is 3.64. The zero-order valence-electron chi connectivity index (χ0n) is 11.9. The van der Waals surface area contributed by atoms with Gasteiger partial charge in [-0.2, -0.15) is 0 Å². The van der Waals surface area contributed by atoms with E-state index in [0.717, 1.165) is 12.0 Å². The third-order valence-corrected chi connectivity index (χ3v) is 4.76. The molecule has 1 aromatic carbocycles. The molecule has 3 rings (SSSR count). The first kappa shape index (κ1) is 14.8. The molecule has 0 bridgehead atoms. The van der Waals surface area contributed by atoms with Gasteiger partial charge in [-0.25, -0.2) is 0 Å². The number of benzene rings is 1. The van der Waals surface area contributed by atoms with Crippen molar-refractivity contribution in [3.05, 3.63) is 35.4 Å². The zero-order chi connectivity index (χ0) is 12.5. The second-order valence-corrected chi connectivity index (χ2v) is 5.98. The summed E-state index contributed by atoms with van der Waals surface area (Å²) in [4.78, 5) is 2.67. The van der Waals surface area contributed by atoms with Crippen LogP contribution in [-0.4, -0.2) is 30.6 Å². The third-order valence-electron chi connectivity index (χ3n) is 4.76. The lowest BCUT2D eigenvalue weighted by Crippen LogP contribution is -2.45. The summed E-state index contributed by atoms with van der Waals surface area (Å²) >= 11 is 0. The number of aryl methyl sites for hydroxylation is 1. The molecule has 19 heavy (non-hydrogen) atoms. The highest BCUT2D eigenvalue weighted by molar-refractivity contribution is 5.85. The van der Waals surface area contributed by atoms with Crippen LogP contribution in [0.25, 0.3) is 0 Å². The molecule has 2 nitrogen and oxygen atoms in total. The molecule has 2 saturated heterocycles. The molecule has 1 aromatic rings.